The fraction of sp³-hybridized carbons (Fsp3) is 0.867. The van der Waals surface area contributed by atoms with Crippen LogP contribution >= 0.6 is 0 Å². The van der Waals surface area contributed by atoms with E-state index in [-0.39, 0.29) is 13.8 Å². The minimum Gasteiger partial charge on any atom is -0.170 e. The number of hydrogen-bond acceptors (Lipinski definition) is 0. The van der Waals surface area contributed by atoms with E-state index in [4.69, 9.17) is 0 Å². The van der Waals surface area contributed by atoms with Gasteiger partial charge in [0.1, 0.15) is 0 Å². The van der Waals surface area contributed by atoms with Gasteiger partial charge in [-0.05, 0) is 43.9 Å². The maximum Gasteiger partial charge on any atom is 0.403 e. The average Bonchev–Trinajstić information content (AvgIpc) is 3.00. The van der Waals surface area contributed by atoms with Crippen LogP contribution in [0.4, 0.5) is 52.7 Å². The summed E-state index contributed by atoms with van der Waals surface area (Å²) in [6.45, 7) is -0.710. The average molecular weight is 422 g/mol. The highest BCUT2D eigenvalue weighted by atomic mass is 19.4. The Hall–Kier alpha value is -1.10. The van der Waals surface area contributed by atoms with Crippen molar-refractivity contribution in [1.29, 1.82) is 0 Å². The second kappa shape index (κ2) is 5.71. The molecular weight excluding hydrogens is 408 g/mol. The zero-order valence-corrected chi connectivity index (χ0v) is 13.7. The highest BCUT2D eigenvalue weighted by Crippen LogP contribution is 2.71. The third-order valence-electron chi connectivity index (χ3n) is 6.15. The van der Waals surface area contributed by atoms with Crippen molar-refractivity contribution in [2.24, 2.45) is 34.5 Å². The van der Waals surface area contributed by atoms with Gasteiger partial charge >= 0.3 is 24.7 Å². The maximum absolute atomic E-state index is 13.4. The lowest BCUT2D eigenvalue weighted by molar-refractivity contribution is -0.391. The molecule has 4 unspecified atom stereocenters. The van der Waals surface area contributed by atoms with Crippen molar-refractivity contribution in [2.45, 2.75) is 45.0 Å². The zero-order valence-electron chi connectivity index (χ0n) is 13.7. The molecule has 2 bridgehead atoms. The van der Waals surface area contributed by atoms with Gasteiger partial charge in [-0.1, -0.05) is 12.2 Å². The molecule has 0 spiro atoms. The molecule has 158 valence electrons. The quantitative estimate of drug-likeness (QED) is 0.344. The van der Waals surface area contributed by atoms with Crippen molar-refractivity contribution < 1.29 is 52.7 Å². The van der Waals surface area contributed by atoms with E-state index in [0.29, 0.717) is 0 Å². The molecule has 4 atom stereocenters. The second-order valence-electron chi connectivity index (χ2n) is 7.40. The number of alkyl halides is 12. The monoisotopic (exact) mass is 422 g/mol. The summed E-state index contributed by atoms with van der Waals surface area (Å²) in [4.78, 5) is 0. The van der Waals surface area contributed by atoms with Crippen molar-refractivity contribution >= 4 is 0 Å². The fourth-order valence-electron chi connectivity index (χ4n) is 4.47. The molecule has 0 radical (unpaired) electrons. The minimum atomic E-state index is -6.09. The highest BCUT2D eigenvalue weighted by molar-refractivity contribution is 5.22. The maximum atomic E-state index is 13.4. The van der Waals surface area contributed by atoms with E-state index in [1.54, 1.807) is 0 Å². The van der Waals surface area contributed by atoms with E-state index in [0.717, 1.165) is 12.2 Å². The summed E-state index contributed by atoms with van der Waals surface area (Å²) in [6, 6.07) is 0. The predicted octanol–water partition coefficient (Wildman–Crippen LogP) is 6.69. The number of allylic oxidation sites excluding steroid dienone is 2. The van der Waals surface area contributed by atoms with Gasteiger partial charge in [-0.15, -0.1) is 0 Å². The Morgan fingerprint density at radius 3 is 0.926 bits per heavy atom. The Bertz CT molecular complexity index is 522. The van der Waals surface area contributed by atoms with Crippen molar-refractivity contribution in [3.8, 4) is 0 Å². The molecule has 0 aromatic heterocycles. The minimum absolute atomic E-state index is 0.355. The van der Waals surface area contributed by atoms with Crippen LogP contribution in [0.2, 0.25) is 0 Å². The van der Waals surface area contributed by atoms with E-state index < -0.39 is 65.6 Å². The van der Waals surface area contributed by atoms with Gasteiger partial charge in [-0.2, -0.15) is 52.7 Å². The topological polar surface area (TPSA) is 0 Å². The third-order valence-corrected chi connectivity index (χ3v) is 6.15. The lowest BCUT2D eigenvalue weighted by atomic mass is 9.57. The van der Waals surface area contributed by atoms with E-state index in [1.807, 2.05) is 0 Å². The first-order valence-electron chi connectivity index (χ1n) is 7.66. The summed E-state index contributed by atoms with van der Waals surface area (Å²) in [5, 5.41) is 0. The third kappa shape index (κ3) is 2.83. The van der Waals surface area contributed by atoms with Crippen LogP contribution in [0.25, 0.3) is 0 Å². The van der Waals surface area contributed by atoms with Crippen LogP contribution in [0.3, 0.4) is 0 Å². The lowest BCUT2D eigenvalue weighted by Gasteiger charge is -2.50. The number of hydrogen-bond donors (Lipinski definition) is 0. The molecular formula is C15H14F12. The Morgan fingerprint density at radius 1 is 0.519 bits per heavy atom. The highest BCUT2D eigenvalue weighted by Gasteiger charge is 2.81. The molecule has 2 aliphatic rings. The van der Waals surface area contributed by atoms with Crippen LogP contribution in [0.1, 0.15) is 20.3 Å². The summed E-state index contributed by atoms with van der Waals surface area (Å²) in [7, 11) is 0. The molecule has 0 aromatic rings. The van der Waals surface area contributed by atoms with E-state index in [2.05, 4.69) is 0 Å². The molecule has 0 amide bonds. The van der Waals surface area contributed by atoms with Crippen LogP contribution in [-0.2, 0) is 0 Å². The molecule has 1 saturated carbocycles. The second-order valence-corrected chi connectivity index (χ2v) is 7.40. The first-order chi connectivity index (χ1) is 11.7. The molecule has 0 aromatic carbocycles. The molecule has 27 heavy (non-hydrogen) atoms. The van der Waals surface area contributed by atoms with Crippen molar-refractivity contribution in [1.82, 2.24) is 0 Å². The summed E-state index contributed by atoms with van der Waals surface area (Å²) in [6.07, 6.45) is -23.3. The molecule has 0 N–H and O–H groups in total. The summed E-state index contributed by atoms with van der Waals surface area (Å²) in [5.41, 5.74) is -9.46. The predicted molar refractivity (Wildman–Crippen MR) is 68.2 cm³/mol. The Labute approximate surface area is 145 Å². The van der Waals surface area contributed by atoms with Gasteiger partial charge < -0.3 is 0 Å². The molecule has 12 heteroatoms. The number of fused-ring (bicyclic) bond motifs is 2. The van der Waals surface area contributed by atoms with Crippen LogP contribution in [-0.4, -0.2) is 24.7 Å². The zero-order chi connectivity index (χ0) is 21.4. The first-order valence-corrected chi connectivity index (χ1v) is 7.66. The van der Waals surface area contributed by atoms with Crippen molar-refractivity contribution in [3.63, 3.8) is 0 Å². The molecule has 0 nitrogen and oxygen atoms in total. The summed E-state index contributed by atoms with van der Waals surface area (Å²) < 4.78 is 161. The van der Waals surface area contributed by atoms with Gasteiger partial charge in [0.15, 0.2) is 10.8 Å². The van der Waals surface area contributed by atoms with Crippen LogP contribution < -0.4 is 0 Å². The Balaban J connectivity index is 2.78. The number of halogens is 12. The molecule has 0 aliphatic heterocycles. The van der Waals surface area contributed by atoms with E-state index in [1.165, 1.54) is 0 Å². The molecule has 1 fully saturated rings. The normalized spacial score (nSPS) is 30.3. The van der Waals surface area contributed by atoms with Crippen LogP contribution in [0.15, 0.2) is 12.2 Å². The molecule has 0 saturated heterocycles. The van der Waals surface area contributed by atoms with Gasteiger partial charge in [-0.25, -0.2) is 0 Å². The van der Waals surface area contributed by atoms with Gasteiger partial charge in [-0.3, -0.25) is 0 Å². The van der Waals surface area contributed by atoms with Gasteiger partial charge in [0.25, 0.3) is 0 Å². The van der Waals surface area contributed by atoms with Crippen LogP contribution in [0, 0.1) is 34.5 Å². The van der Waals surface area contributed by atoms with Gasteiger partial charge in [0.05, 0.1) is 0 Å². The SMILES string of the molecule is CC(C1C2C=CC(C2)C1C(C)(C(F)(F)F)C(F)(F)F)(C(F)(F)F)C(F)(F)F. The van der Waals surface area contributed by atoms with Gasteiger partial charge in [0, 0.05) is 0 Å². The van der Waals surface area contributed by atoms with Crippen molar-refractivity contribution in [2.75, 3.05) is 0 Å². The van der Waals surface area contributed by atoms with E-state index >= 15 is 0 Å². The summed E-state index contributed by atoms with van der Waals surface area (Å²) in [5.74, 6) is -9.31. The lowest BCUT2D eigenvalue weighted by Crippen LogP contribution is -2.62. The van der Waals surface area contributed by atoms with Crippen molar-refractivity contribution in [3.05, 3.63) is 12.2 Å². The van der Waals surface area contributed by atoms with Gasteiger partial charge in [0.2, 0.25) is 0 Å². The van der Waals surface area contributed by atoms with Crippen LogP contribution in [0.5, 0.6) is 0 Å². The fourth-order valence-corrected chi connectivity index (χ4v) is 4.47. The molecule has 0 heterocycles. The van der Waals surface area contributed by atoms with E-state index in [9.17, 15) is 52.7 Å². The summed E-state index contributed by atoms with van der Waals surface area (Å²) >= 11 is 0. The molecule has 2 rings (SSSR count). The Kier molecular flexibility index (Phi) is 4.69. The standard InChI is InChI=1S/C15H14F12/c1-10(12(16,17)18,13(19,20)21)8-6-3-4-7(5-6)9(8)11(2,14(22,23)24)15(25,26)27/h3-4,6-9H,5H2,1-2H3. The number of rotatable bonds is 2. The largest absolute Gasteiger partial charge is 0.403 e. The Morgan fingerprint density at radius 2 is 0.741 bits per heavy atom. The first kappa shape index (κ1) is 22.2. The molecule has 2 aliphatic carbocycles. The smallest absolute Gasteiger partial charge is 0.170 e.